The van der Waals surface area contributed by atoms with Gasteiger partial charge < -0.3 is 14.8 Å². The number of methoxy groups -OCH3 is 1. The van der Waals surface area contributed by atoms with Crippen LogP contribution in [0.1, 0.15) is 21.7 Å². The summed E-state index contributed by atoms with van der Waals surface area (Å²) >= 11 is 1.36. The molecule has 0 fully saturated rings. The SMILES string of the molecule is COc1ccsc1C(=O)N1CC/C(=N/O)c2ccccc21. The van der Waals surface area contributed by atoms with Crippen LogP contribution in [0.4, 0.5) is 5.69 Å². The predicted molar refractivity (Wildman–Crippen MR) is 81.9 cm³/mol. The van der Waals surface area contributed by atoms with E-state index in [1.54, 1.807) is 18.1 Å². The molecule has 1 aliphatic rings. The zero-order chi connectivity index (χ0) is 14.8. The van der Waals surface area contributed by atoms with Crippen LogP contribution < -0.4 is 9.64 Å². The molecule has 1 aromatic carbocycles. The molecule has 3 rings (SSSR count). The first-order valence-electron chi connectivity index (χ1n) is 6.50. The molecular formula is C15H14N2O3S. The molecule has 0 unspecified atom stereocenters. The lowest BCUT2D eigenvalue weighted by atomic mass is 9.99. The first-order valence-corrected chi connectivity index (χ1v) is 7.38. The Morgan fingerprint density at radius 2 is 2.19 bits per heavy atom. The van der Waals surface area contributed by atoms with Crippen LogP contribution in [-0.2, 0) is 0 Å². The van der Waals surface area contributed by atoms with Gasteiger partial charge in [0.2, 0.25) is 0 Å². The minimum atomic E-state index is -0.0914. The van der Waals surface area contributed by atoms with Crippen molar-refractivity contribution in [3.8, 4) is 5.75 Å². The second kappa shape index (κ2) is 5.57. The quantitative estimate of drug-likeness (QED) is 0.685. The van der Waals surface area contributed by atoms with Gasteiger partial charge in [0.15, 0.2) is 0 Å². The van der Waals surface area contributed by atoms with Gasteiger partial charge in [-0.2, -0.15) is 0 Å². The number of benzene rings is 1. The van der Waals surface area contributed by atoms with Gasteiger partial charge in [-0.25, -0.2) is 0 Å². The molecule has 5 nitrogen and oxygen atoms in total. The van der Waals surface area contributed by atoms with Gasteiger partial charge in [0.05, 0.1) is 18.5 Å². The molecule has 0 radical (unpaired) electrons. The van der Waals surface area contributed by atoms with Crippen molar-refractivity contribution in [2.24, 2.45) is 5.16 Å². The summed E-state index contributed by atoms with van der Waals surface area (Å²) in [4.78, 5) is 15.0. The fraction of sp³-hybridized carbons (Fsp3) is 0.200. The molecule has 1 aromatic heterocycles. The van der Waals surface area contributed by atoms with Crippen molar-refractivity contribution in [1.82, 2.24) is 0 Å². The second-order valence-electron chi connectivity index (χ2n) is 4.59. The third-order valence-corrected chi connectivity index (χ3v) is 4.37. The Kier molecular flexibility index (Phi) is 3.62. The largest absolute Gasteiger partial charge is 0.495 e. The van der Waals surface area contributed by atoms with E-state index in [0.717, 1.165) is 11.3 Å². The van der Waals surface area contributed by atoms with Crippen molar-refractivity contribution in [3.05, 3.63) is 46.2 Å². The summed E-state index contributed by atoms with van der Waals surface area (Å²) in [5, 5.41) is 14.3. The van der Waals surface area contributed by atoms with E-state index in [-0.39, 0.29) is 5.91 Å². The summed E-state index contributed by atoms with van der Waals surface area (Å²) in [5.41, 5.74) is 2.15. The molecule has 2 aromatic rings. The van der Waals surface area contributed by atoms with Crippen molar-refractivity contribution < 1.29 is 14.7 Å². The van der Waals surface area contributed by atoms with Gasteiger partial charge in [-0.15, -0.1) is 11.3 Å². The van der Waals surface area contributed by atoms with Crippen LogP contribution in [0.3, 0.4) is 0 Å². The Bertz CT molecular complexity index is 708. The van der Waals surface area contributed by atoms with Crippen molar-refractivity contribution in [2.45, 2.75) is 6.42 Å². The lowest BCUT2D eigenvalue weighted by Crippen LogP contribution is -2.37. The molecule has 0 saturated heterocycles. The number of amides is 1. The Hall–Kier alpha value is -2.34. The van der Waals surface area contributed by atoms with Crippen molar-refractivity contribution in [3.63, 3.8) is 0 Å². The summed E-state index contributed by atoms with van der Waals surface area (Å²) in [6, 6.07) is 9.23. The molecule has 0 saturated carbocycles. The van der Waals surface area contributed by atoms with Crippen LogP contribution in [0.5, 0.6) is 5.75 Å². The second-order valence-corrected chi connectivity index (χ2v) is 5.50. The Labute approximate surface area is 126 Å². The molecular weight excluding hydrogens is 288 g/mol. The van der Waals surface area contributed by atoms with Crippen molar-refractivity contribution >= 4 is 28.6 Å². The molecule has 6 heteroatoms. The lowest BCUT2D eigenvalue weighted by Gasteiger charge is -2.29. The van der Waals surface area contributed by atoms with Crippen molar-refractivity contribution in [2.75, 3.05) is 18.6 Å². The van der Waals surface area contributed by atoms with Gasteiger partial charge in [-0.3, -0.25) is 4.79 Å². The topological polar surface area (TPSA) is 62.1 Å². The van der Waals surface area contributed by atoms with Crippen LogP contribution in [0.2, 0.25) is 0 Å². The highest BCUT2D eigenvalue weighted by Crippen LogP contribution is 2.32. The number of para-hydroxylation sites is 1. The zero-order valence-corrected chi connectivity index (χ0v) is 12.3. The fourth-order valence-corrected chi connectivity index (χ4v) is 3.28. The summed E-state index contributed by atoms with van der Waals surface area (Å²) in [6.45, 7) is 0.482. The van der Waals surface area contributed by atoms with E-state index in [9.17, 15) is 4.79 Å². The number of rotatable bonds is 2. The van der Waals surface area contributed by atoms with Gasteiger partial charge >= 0.3 is 0 Å². The van der Waals surface area contributed by atoms with Crippen LogP contribution >= 0.6 is 11.3 Å². The van der Waals surface area contributed by atoms with Crippen LogP contribution in [-0.4, -0.2) is 30.5 Å². The van der Waals surface area contributed by atoms with E-state index in [0.29, 0.717) is 29.3 Å². The first-order chi connectivity index (χ1) is 10.3. The number of hydrogen-bond donors (Lipinski definition) is 1. The molecule has 0 aliphatic carbocycles. The zero-order valence-electron chi connectivity index (χ0n) is 11.4. The molecule has 2 heterocycles. The fourth-order valence-electron chi connectivity index (χ4n) is 2.48. The van der Waals surface area contributed by atoms with Gasteiger partial charge in [0, 0.05) is 18.5 Å². The average molecular weight is 302 g/mol. The maximum Gasteiger partial charge on any atom is 0.272 e. The number of carbonyl (C=O) groups is 1. The molecule has 1 N–H and O–H groups in total. The predicted octanol–water partition coefficient (Wildman–Crippen LogP) is 2.99. The highest BCUT2D eigenvalue weighted by Gasteiger charge is 2.29. The summed E-state index contributed by atoms with van der Waals surface area (Å²) in [5.74, 6) is 0.496. The number of anilines is 1. The minimum Gasteiger partial charge on any atom is -0.495 e. The number of oxime groups is 1. The van der Waals surface area contributed by atoms with Gasteiger partial charge in [0.1, 0.15) is 10.6 Å². The molecule has 0 atom stereocenters. The third kappa shape index (κ3) is 2.27. The minimum absolute atomic E-state index is 0.0914. The smallest absolute Gasteiger partial charge is 0.272 e. The normalized spacial score (nSPS) is 15.9. The summed E-state index contributed by atoms with van der Waals surface area (Å²) in [7, 11) is 1.56. The average Bonchev–Trinajstić information content (AvgIpc) is 3.01. The maximum atomic E-state index is 12.8. The summed E-state index contributed by atoms with van der Waals surface area (Å²) in [6.07, 6.45) is 0.521. The third-order valence-electron chi connectivity index (χ3n) is 3.49. The summed E-state index contributed by atoms with van der Waals surface area (Å²) < 4.78 is 5.23. The highest BCUT2D eigenvalue weighted by atomic mass is 32.1. The Balaban J connectivity index is 2.02. The van der Waals surface area contributed by atoms with E-state index in [1.807, 2.05) is 29.6 Å². The standard InChI is InChI=1S/C15H14N2O3S/c1-20-13-7-9-21-14(13)15(18)17-8-6-11(16-19)10-4-2-3-5-12(10)17/h2-5,7,9,19H,6,8H2,1H3/b16-11-. The van der Waals surface area contributed by atoms with Crippen molar-refractivity contribution in [1.29, 1.82) is 0 Å². The molecule has 0 spiro atoms. The molecule has 1 amide bonds. The monoisotopic (exact) mass is 302 g/mol. The van der Waals surface area contributed by atoms with Gasteiger partial charge in [-0.05, 0) is 17.5 Å². The van der Waals surface area contributed by atoms with Gasteiger partial charge in [0.25, 0.3) is 5.91 Å². The number of ether oxygens (including phenoxy) is 1. The Morgan fingerprint density at radius 3 is 2.95 bits per heavy atom. The molecule has 21 heavy (non-hydrogen) atoms. The van der Waals surface area contributed by atoms with E-state index < -0.39 is 0 Å². The number of hydrogen-bond acceptors (Lipinski definition) is 5. The molecule has 0 bridgehead atoms. The van der Waals surface area contributed by atoms with Crippen LogP contribution in [0.15, 0.2) is 40.9 Å². The first kappa shape index (κ1) is 13.6. The van der Waals surface area contributed by atoms with E-state index in [4.69, 9.17) is 9.94 Å². The molecule has 108 valence electrons. The highest BCUT2D eigenvalue weighted by molar-refractivity contribution is 7.12. The molecule has 1 aliphatic heterocycles. The number of carbonyl (C=O) groups excluding carboxylic acids is 1. The van der Waals surface area contributed by atoms with E-state index in [2.05, 4.69) is 5.16 Å². The van der Waals surface area contributed by atoms with E-state index >= 15 is 0 Å². The van der Waals surface area contributed by atoms with Gasteiger partial charge in [-0.1, -0.05) is 23.4 Å². The number of nitrogens with zero attached hydrogens (tertiary/aromatic N) is 2. The van der Waals surface area contributed by atoms with Crippen LogP contribution in [0.25, 0.3) is 0 Å². The number of thiophene rings is 1. The van der Waals surface area contributed by atoms with Crippen LogP contribution in [0, 0.1) is 0 Å². The lowest BCUT2D eigenvalue weighted by molar-refractivity contribution is 0.0988. The number of fused-ring (bicyclic) bond motifs is 1. The Morgan fingerprint density at radius 1 is 1.38 bits per heavy atom. The van der Waals surface area contributed by atoms with E-state index in [1.165, 1.54) is 11.3 Å². The maximum absolute atomic E-state index is 12.8.